The molecule has 1 aromatic heterocycles. The molecule has 0 unspecified atom stereocenters. The number of carbonyl (C=O) groups excluding carboxylic acids is 2. The van der Waals surface area contributed by atoms with Gasteiger partial charge in [-0.2, -0.15) is 0 Å². The SMILES string of the molecule is CCOC(=O)N1CCC(NC(=O)c2cccnc2N(C)C)CC1. The van der Waals surface area contributed by atoms with Gasteiger partial charge in [0, 0.05) is 39.4 Å². The van der Waals surface area contributed by atoms with Gasteiger partial charge in [0.2, 0.25) is 0 Å². The molecule has 2 heterocycles. The molecule has 7 heteroatoms. The molecule has 0 spiro atoms. The molecule has 2 amide bonds. The maximum atomic E-state index is 12.5. The maximum Gasteiger partial charge on any atom is 0.409 e. The van der Waals surface area contributed by atoms with E-state index in [4.69, 9.17) is 4.74 Å². The molecule has 23 heavy (non-hydrogen) atoms. The highest BCUT2D eigenvalue weighted by molar-refractivity contribution is 5.99. The van der Waals surface area contributed by atoms with Crippen LogP contribution in [-0.4, -0.2) is 61.7 Å². The summed E-state index contributed by atoms with van der Waals surface area (Å²) in [6.45, 7) is 3.36. The fraction of sp³-hybridized carbons (Fsp3) is 0.562. The third-order valence-electron chi connectivity index (χ3n) is 3.81. The zero-order chi connectivity index (χ0) is 16.8. The van der Waals surface area contributed by atoms with Crippen molar-refractivity contribution in [1.82, 2.24) is 15.2 Å². The molecule has 0 aliphatic carbocycles. The molecule has 0 radical (unpaired) electrons. The van der Waals surface area contributed by atoms with E-state index in [1.54, 1.807) is 30.2 Å². The fourth-order valence-electron chi connectivity index (χ4n) is 2.61. The Hall–Kier alpha value is -2.31. The Morgan fingerprint density at radius 3 is 2.70 bits per heavy atom. The Morgan fingerprint density at radius 2 is 2.09 bits per heavy atom. The summed E-state index contributed by atoms with van der Waals surface area (Å²) in [6, 6.07) is 3.58. The third kappa shape index (κ3) is 4.34. The minimum absolute atomic E-state index is 0.0587. The molecule has 1 aromatic rings. The van der Waals surface area contributed by atoms with E-state index in [2.05, 4.69) is 10.3 Å². The second-order valence-electron chi connectivity index (χ2n) is 5.70. The summed E-state index contributed by atoms with van der Waals surface area (Å²) in [6.07, 6.45) is 2.84. The quantitative estimate of drug-likeness (QED) is 0.910. The van der Waals surface area contributed by atoms with E-state index in [-0.39, 0.29) is 18.0 Å². The number of hydrogen-bond donors (Lipinski definition) is 1. The first-order valence-corrected chi connectivity index (χ1v) is 7.87. The number of anilines is 1. The van der Waals surface area contributed by atoms with Crippen molar-refractivity contribution in [3.63, 3.8) is 0 Å². The van der Waals surface area contributed by atoms with E-state index in [1.165, 1.54) is 0 Å². The first-order chi connectivity index (χ1) is 11.0. The van der Waals surface area contributed by atoms with Crippen LogP contribution in [0.3, 0.4) is 0 Å². The summed E-state index contributed by atoms with van der Waals surface area (Å²) < 4.78 is 4.99. The van der Waals surface area contributed by atoms with Crippen LogP contribution in [0.1, 0.15) is 30.1 Å². The van der Waals surface area contributed by atoms with Crippen LogP contribution in [0.4, 0.5) is 10.6 Å². The molecule has 0 atom stereocenters. The lowest BCUT2D eigenvalue weighted by atomic mass is 10.0. The Balaban J connectivity index is 1.92. The van der Waals surface area contributed by atoms with Gasteiger partial charge in [-0.15, -0.1) is 0 Å². The van der Waals surface area contributed by atoms with Crippen LogP contribution >= 0.6 is 0 Å². The van der Waals surface area contributed by atoms with Crippen molar-refractivity contribution >= 4 is 17.8 Å². The van der Waals surface area contributed by atoms with Crippen LogP contribution in [0.25, 0.3) is 0 Å². The number of ether oxygens (including phenoxy) is 1. The smallest absolute Gasteiger partial charge is 0.409 e. The predicted molar refractivity (Wildman–Crippen MR) is 87.6 cm³/mol. The Kier molecular flexibility index (Phi) is 5.78. The van der Waals surface area contributed by atoms with Gasteiger partial charge in [0.1, 0.15) is 5.82 Å². The highest BCUT2D eigenvalue weighted by Gasteiger charge is 2.25. The van der Waals surface area contributed by atoms with Gasteiger partial charge < -0.3 is 19.9 Å². The van der Waals surface area contributed by atoms with E-state index >= 15 is 0 Å². The molecule has 1 aliphatic heterocycles. The van der Waals surface area contributed by atoms with E-state index < -0.39 is 0 Å². The first kappa shape index (κ1) is 17.1. The molecule has 0 aromatic carbocycles. The van der Waals surface area contributed by atoms with Crippen LogP contribution in [0.5, 0.6) is 0 Å². The van der Waals surface area contributed by atoms with Crippen LogP contribution in [0.2, 0.25) is 0 Å². The standard InChI is InChI=1S/C16H24N4O3/c1-4-23-16(22)20-10-7-12(8-11-20)18-15(21)13-6-5-9-17-14(13)19(2)3/h5-6,9,12H,4,7-8,10-11H2,1-3H3,(H,18,21). The van der Waals surface area contributed by atoms with Crippen LogP contribution < -0.4 is 10.2 Å². The lowest BCUT2D eigenvalue weighted by Gasteiger charge is -2.31. The van der Waals surface area contributed by atoms with Crippen LogP contribution in [0.15, 0.2) is 18.3 Å². The normalized spacial score (nSPS) is 15.2. The van der Waals surface area contributed by atoms with Crippen molar-refractivity contribution in [2.24, 2.45) is 0 Å². The highest BCUT2D eigenvalue weighted by Crippen LogP contribution is 2.16. The molecule has 2 rings (SSSR count). The molecule has 126 valence electrons. The monoisotopic (exact) mass is 320 g/mol. The highest BCUT2D eigenvalue weighted by atomic mass is 16.6. The van der Waals surface area contributed by atoms with Gasteiger partial charge in [0.05, 0.1) is 12.2 Å². The van der Waals surface area contributed by atoms with Gasteiger partial charge in [-0.1, -0.05) is 0 Å². The molecule has 7 nitrogen and oxygen atoms in total. The van der Waals surface area contributed by atoms with E-state index in [0.29, 0.717) is 31.1 Å². The average Bonchev–Trinajstić information content (AvgIpc) is 2.55. The van der Waals surface area contributed by atoms with Gasteiger partial charge in [0.25, 0.3) is 5.91 Å². The molecule has 0 saturated carbocycles. The predicted octanol–water partition coefficient (Wildman–Crippen LogP) is 1.50. The third-order valence-corrected chi connectivity index (χ3v) is 3.81. The second-order valence-corrected chi connectivity index (χ2v) is 5.70. The van der Waals surface area contributed by atoms with Crippen molar-refractivity contribution in [1.29, 1.82) is 0 Å². The minimum atomic E-state index is -0.278. The van der Waals surface area contributed by atoms with Crippen molar-refractivity contribution in [2.45, 2.75) is 25.8 Å². The largest absolute Gasteiger partial charge is 0.450 e. The molecule has 1 aliphatic rings. The Morgan fingerprint density at radius 1 is 1.39 bits per heavy atom. The van der Waals surface area contributed by atoms with Gasteiger partial charge in [-0.25, -0.2) is 9.78 Å². The average molecular weight is 320 g/mol. The van der Waals surface area contributed by atoms with Gasteiger partial charge >= 0.3 is 6.09 Å². The van der Waals surface area contributed by atoms with E-state index in [0.717, 1.165) is 12.8 Å². The number of carbonyl (C=O) groups is 2. The number of rotatable bonds is 4. The molecular formula is C16H24N4O3. The van der Waals surface area contributed by atoms with Gasteiger partial charge in [-0.05, 0) is 31.9 Å². The maximum absolute atomic E-state index is 12.5. The molecular weight excluding hydrogens is 296 g/mol. The van der Waals surface area contributed by atoms with Crippen molar-refractivity contribution in [2.75, 3.05) is 38.7 Å². The van der Waals surface area contributed by atoms with Gasteiger partial charge in [-0.3, -0.25) is 4.79 Å². The fourth-order valence-corrected chi connectivity index (χ4v) is 2.61. The summed E-state index contributed by atoms with van der Waals surface area (Å²) in [5.41, 5.74) is 0.560. The van der Waals surface area contributed by atoms with Crippen molar-refractivity contribution in [3.8, 4) is 0 Å². The summed E-state index contributed by atoms with van der Waals surface area (Å²) in [7, 11) is 3.72. The molecule has 1 saturated heterocycles. The van der Waals surface area contributed by atoms with Crippen molar-refractivity contribution < 1.29 is 14.3 Å². The number of amides is 2. The number of nitrogens with zero attached hydrogens (tertiary/aromatic N) is 3. The molecule has 1 fully saturated rings. The summed E-state index contributed by atoms with van der Waals surface area (Å²) in [5.74, 6) is 0.519. The lowest BCUT2D eigenvalue weighted by Crippen LogP contribution is -2.46. The first-order valence-electron chi connectivity index (χ1n) is 7.87. The number of piperidine rings is 1. The number of nitrogens with one attached hydrogen (secondary N) is 1. The van der Waals surface area contributed by atoms with Crippen LogP contribution in [0, 0.1) is 0 Å². The Labute approximate surface area is 136 Å². The topological polar surface area (TPSA) is 74.8 Å². The summed E-state index contributed by atoms with van der Waals surface area (Å²) in [5, 5.41) is 3.04. The van der Waals surface area contributed by atoms with E-state index in [1.807, 2.05) is 19.0 Å². The number of likely N-dealkylation sites (tertiary alicyclic amines) is 1. The summed E-state index contributed by atoms with van der Waals surface area (Å²) >= 11 is 0. The van der Waals surface area contributed by atoms with E-state index in [9.17, 15) is 9.59 Å². The number of pyridine rings is 1. The van der Waals surface area contributed by atoms with Gasteiger partial charge in [0.15, 0.2) is 0 Å². The van der Waals surface area contributed by atoms with Crippen LogP contribution in [-0.2, 0) is 4.74 Å². The lowest BCUT2D eigenvalue weighted by molar-refractivity contribution is 0.0860. The zero-order valence-electron chi connectivity index (χ0n) is 13.9. The number of hydrogen-bond acceptors (Lipinski definition) is 5. The number of aromatic nitrogens is 1. The zero-order valence-corrected chi connectivity index (χ0v) is 13.9. The van der Waals surface area contributed by atoms with Crippen molar-refractivity contribution in [3.05, 3.63) is 23.9 Å². The molecule has 1 N–H and O–H groups in total. The minimum Gasteiger partial charge on any atom is -0.450 e. The summed E-state index contributed by atoms with van der Waals surface area (Å²) in [4.78, 5) is 31.9. The molecule has 0 bridgehead atoms. The second kappa shape index (κ2) is 7.80. The Bertz CT molecular complexity index is 554.